The molecule has 0 aliphatic rings. The molecule has 0 aliphatic heterocycles. The molecule has 1 rings (SSSR count). The number of carbonyl (C=O) groups is 2. The molecule has 5 nitrogen and oxygen atoms in total. The molecule has 0 spiro atoms. The number of aromatic nitrogens is 1. The fraction of sp³-hybridized carbons (Fsp3) is 0.667. The Morgan fingerprint density at radius 3 is 2.14 bits per heavy atom. The van der Waals surface area contributed by atoms with E-state index in [1.807, 2.05) is 19.2 Å². The van der Waals surface area contributed by atoms with Crippen LogP contribution in [0.25, 0.3) is 0 Å². The van der Waals surface area contributed by atoms with Crippen molar-refractivity contribution < 1.29 is 19.1 Å². The van der Waals surface area contributed by atoms with E-state index in [1.165, 1.54) is 11.3 Å². The van der Waals surface area contributed by atoms with Crippen LogP contribution in [0.1, 0.15) is 44.3 Å². The molecule has 0 aromatic carbocycles. The summed E-state index contributed by atoms with van der Waals surface area (Å²) in [6.45, 7) is 7.75. The van der Waals surface area contributed by atoms with Crippen LogP contribution in [0.3, 0.4) is 0 Å². The summed E-state index contributed by atoms with van der Waals surface area (Å²) in [5.74, 6) is -1.03. The molecule has 6 heteroatoms. The van der Waals surface area contributed by atoms with Crippen molar-refractivity contribution in [2.45, 2.75) is 47.0 Å². The second-order valence-electron chi connectivity index (χ2n) is 4.83. The number of hydrogen-bond donors (Lipinski definition) is 0. The molecule has 0 atom stereocenters. The van der Waals surface area contributed by atoms with Crippen LogP contribution in [0, 0.1) is 12.3 Å². The third-order valence-electron chi connectivity index (χ3n) is 3.13. The molecule has 21 heavy (non-hydrogen) atoms. The fourth-order valence-electron chi connectivity index (χ4n) is 2.23. The summed E-state index contributed by atoms with van der Waals surface area (Å²) in [6.07, 6.45) is 1.31. The summed E-state index contributed by atoms with van der Waals surface area (Å²) in [7, 11) is 0. The van der Waals surface area contributed by atoms with Gasteiger partial charge in [0.1, 0.15) is 0 Å². The number of carbonyl (C=O) groups excluding carboxylic acids is 2. The molecule has 118 valence electrons. The minimum absolute atomic E-state index is 0.233. The first kappa shape index (κ1) is 17.6. The number of rotatable bonds is 8. The number of ether oxygens (including phenoxy) is 2. The second-order valence-corrected chi connectivity index (χ2v) is 5.78. The average Bonchev–Trinajstić information content (AvgIpc) is 2.84. The van der Waals surface area contributed by atoms with Crippen molar-refractivity contribution in [3.05, 3.63) is 16.1 Å². The highest BCUT2D eigenvalue weighted by molar-refractivity contribution is 7.09. The van der Waals surface area contributed by atoms with Gasteiger partial charge in [-0.25, -0.2) is 4.98 Å². The normalized spacial score (nSPS) is 11.2. The zero-order chi connectivity index (χ0) is 15.9. The van der Waals surface area contributed by atoms with Crippen LogP contribution >= 0.6 is 11.3 Å². The molecule has 0 saturated carbocycles. The van der Waals surface area contributed by atoms with Crippen molar-refractivity contribution in [2.24, 2.45) is 5.41 Å². The molecule has 0 amide bonds. The first-order valence-electron chi connectivity index (χ1n) is 7.25. The Morgan fingerprint density at radius 2 is 1.76 bits per heavy atom. The lowest BCUT2D eigenvalue weighted by atomic mass is 9.80. The highest BCUT2D eigenvalue weighted by atomic mass is 32.1. The summed E-state index contributed by atoms with van der Waals surface area (Å²) in [6, 6.07) is 0. The molecule has 0 radical (unpaired) electrons. The van der Waals surface area contributed by atoms with E-state index in [-0.39, 0.29) is 19.6 Å². The van der Waals surface area contributed by atoms with Gasteiger partial charge in [0.05, 0.1) is 18.2 Å². The SMILES string of the molecule is CCCC(Cc1nc(C)cs1)(C(=O)OCC)C(=O)OCC. The maximum atomic E-state index is 12.4. The van der Waals surface area contributed by atoms with Gasteiger partial charge in [-0.1, -0.05) is 13.3 Å². The molecule has 0 unspecified atom stereocenters. The number of nitrogens with zero attached hydrogens (tertiary/aromatic N) is 1. The van der Waals surface area contributed by atoms with Crippen molar-refractivity contribution in [3.8, 4) is 0 Å². The van der Waals surface area contributed by atoms with Gasteiger partial charge in [-0.2, -0.15) is 0 Å². The smallest absolute Gasteiger partial charge is 0.323 e. The number of hydrogen-bond acceptors (Lipinski definition) is 6. The van der Waals surface area contributed by atoms with Crippen LogP contribution in [0.2, 0.25) is 0 Å². The summed E-state index contributed by atoms with van der Waals surface area (Å²) in [5, 5.41) is 2.66. The largest absolute Gasteiger partial charge is 0.465 e. The monoisotopic (exact) mass is 313 g/mol. The number of aryl methyl sites for hydroxylation is 1. The molecule has 0 bridgehead atoms. The van der Waals surface area contributed by atoms with E-state index in [0.29, 0.717) is 12.8 Å². The van der Waals surface area contributed by atoms with Gasteiger partial charge in [0.15, 0.2) is 5.41 Å². The molecular weight excluding hydrogens is 290 g/mol. The van der Waals surface area contributed by atoms with Gasteiger partial charge in [0.2, 0.25) is 0 Å². The van der Waals surface area contributed by atoms with E-state index in [9.17, 15) is 9.59 Å². The van der Waals surface area contributed by atoms with E-state index >= 15 is 0 Å². The summed E-state index contributed by atoms with van der Waals surface area (Å²) >= 11 is 1.45. The third-order valence-corrected chi connectivity index (χ3v) is 4.10. The van der Waals surface area contributed by atoms with Crippen molar-refractivity contribution in [2.75, 3.05) is 13.2 Å². The molecule has 0 fully saturated rings. The Kier molecular flexibility index (Phi) is 6.81. The average molecular weight is 313 g/mol. The lowest BCUT2D eigenvalue weighted by molar-refractivity contribution is -0.172. The van der Waals surface area contributed by atoms with Gasteiger partial charge in [0.25, 0.3) is 0 Å². The molecule has 0 saturated heterocycles. The Morgan fingerprint density at radius 1 is 1.19 bits per heavy atom. The van der Waals surface area contributed by atoms with Crippen LogP contribution in [0.15, 0.2) is 5.38 Å². The predicted molar refractivity (Wildman–Crippen MR) is 81.2 cm³/mol. The molecule has 0 N–H and O–H groups in total. The van der Waals surface area contributed by atoms with Gasteiger partial charge in [-0.15, -0.1) is 11.3 Å². The van der Waals surface area contributed by atoms with E-state index in [1.54, 1.807) is 13.8 Å². The lowest BCUT2D eigenvalue weighted by Gasteiger charge is -2.28. The quantitative estimate of drug-likeness (QED) is 0.545. The zero-order valence-corrected chi connectivity index (χ0v) is 13.9. The van der Waals surface area contributed by atoms with Crippen molar-refractivity contribution in [3.63, 3.8) is 0 Å². The lowest BCUT2D eigenvalue weighted by Crippen LogP contribution is -2.44. The second kappa shape index (κ2) is 8.12. The van der Waals surface area contributed by atoms with Gasteiger partial charge in [-0.3, -0.25) is 9.59 Å². The minimum Gasteiger partial charge on any atom is -0.465 e. The number of esters is 2. The van der Waals surface area contributed by atoms with Crippen molar-refractivity contribution in [1.29, 1.82) is 0 Å². The highest BCUT2D eigenvalue weighted by Crippen LogP contribution is 2.33. The van der Waals surface area contributed by atoms with E-state index in [2.05, 4.69) is 4.98 Å². The van der Waals surface area contributed by atoms with Crippen molar-refractivity contribution in [1.82, 2.24) is 4.98 Å². The van der Waals surface area contributed by atoms with Gasteiger partial charge >= 0.3 is 11.9 Å². The molecule has 1 aromatic heterocycles. The Labute approximate surface area is 129 Å². The first-order valence-corrected chi connectivity index (χ1v) is 8.13. The van der Waals surface area contributed by atoms with Crippen LogP contribution in [0.5, 0.6) is 0 Å². The molecule has 0 aliphatic carbocycles. The highest BCUT2D eigenvalue weighted by Gasteiger charge is 2.48. The van der Waals surface area contributed by atoms with E-state index < -0.39 is 17.4 Å². The summed E-state index contributed by atoms with van der Waals surface area (Å²) < 4.78 is 10.3. The standard InChI is InChI=1S/C15H23NO4S/c1-5-8-15(13(17)19-6-2,14(18)20-7-3)9-12-16-11(4)10-21-12/h10H,5-9H2,1-4H3. The first-order chi connectivity index (χ1) is 10.00. The van der Waals surface area contributed by atoms with Crippen LogP contribution < -0.4 is 0 Å². The van der Waals surface area contributed by atoms with Crippen LogP contribution in [0.4, 0.5) is 0 Å². The maximum Gasteiger partial charge on any atom is 0.323 e. The number of thiazole rings is 1. The molecular formula is C15H23NO4S. The Balaban J connectivity index is 3.15. The van der Waals surface area contributed by atoms with Gasteiger partial charge in [-0.05, 0) is 27.2 Å². The van der Waals surface area contributed by atoms with Crippen LogP contribution in [-0.4, -0.2) is 30.1 Å². The molecule has 1 aromatic rings. The van der Waals surface area contributed by atoms with E-state index in [0.717, 1.165) is 10.7 Å². The Hall–Kier alpha value is -1.43. The zero-order valence-electron chi connectivity index (χ0n) is 13.1. The summed E-state index contributed by atoms with van der Waals surface area (Å²) in [4.78, 5) is 29.2. The molecule has 1 heterocycles. The fourth-order valence-corrected chi connectivity index (χ4v) is 3.11. The third kappa shape index (κ3) is 4.27. The predicted octanol–water partition coefficient (Wildman–Crippen LogP) is 2.91. The Bertz CT molecular complexity index is 466. The summed E-state index contributed by atoms with van der Waals surface area (Å²) in [5.41, 5.74) is -0.404. The van der Waals surface area contributed by atoms with E-state index in [4.69, 9.17) is 9.47 Å². The van der Waals surface area contributed by atoms with Crippen LogP contribution in [-0.2, 0) is 25.5 Å². The van der Waals surface area contributed by atoms with Crippen molar-refractivity contribution >= 4 is 23.3 Å². The minimum atomic E-state index is -1.29. The van der Waals surface area contributed by atoms with Gasteiger partial charge < -0.3 is 9.47 Å². The topological polar surface area (TPSA) is 65.5 Å². The van der Waals surface area contributed by atoms with Gasteiger partial charge in [0, 0.05) is 17.5 Å². The maximum absolute atomic E-state index is 12.4.